The topological polar surface area (TPSA) is 87.0 Å². The Balaban J connectivity index is 1.81. The molecule has 2 fully saturated rings. The molecule has 1 saturated heterocycles. The normalized spacial score (nSPS) is 29.2. The number of hydrogen-bond acceptors (Lipinski definition) is 5. The molecule has 0 amide bonds. The highest BCUT2D eigenvalue weighted by molar-refractivity contribution is 14.1. The van der Waals surface area contributed by atoms with Gasteiger partial charge >= 0.3 is 0 Å². The third kappa shape index (κ3) is 6.96. The molecule has 2 aliphatic rings. The van der Waals surface area contributed by atoms with Crippen LogP contribution in [0.15, 0.2) is 24.2 Å². The lowest BCUT2D eigenvalue weighted by molar-refractivity contribution is -0.120. The Kier molecular flexibility index (Phi) is 10.5. The van der Waals surface area contributed by atoms with Gasteiger partial charge < -0.3 is 20.1 Å². The van der Waals surface area contributed by atoms with Gasteiger partial charge in [0.1, 0.15) is 12.4 Å². The quantitative estimate of drug-likeness (QED) is 0.0994. The van der Waals surface area contributed by atoms with Crippen LogP contribution >= 0.6 is 22.6 Å². The van der Waals surface area contributed by atoms with Crippen LogP contribution in [0.25, 0.3) is 0 Å². The predicted molar refractivity (Wildman–Crippen MR) is 123 cm³/mol. The van der Waals surface area contributed by atoms with Crippen LogP contribution in [-0.2, 0) is 9.53 Å². The lowest BCUT2D eigenvalue weighted by atomic mass is 9.85. The fraction of sp³-hybridized carbons (Fsp3) is 0.783. The average molecular weight is 520 g/mol. The molecule has 3 N–H and O–H groups in total. The largest absolute Gasteiger partial charge is 0.508 e. The third-order valence-electron chi connectivity index (χ3n) is 6.64. The fourth-order valence-corrected chi connectivity index (χ4v) is 5.78. The molecule has 5 nitrogen and oxygen atoms in total. The van der Waals surface area contributed by atoms with E-state index < -0.39 is 18.1 Å². The van der Waals surface area contributed by atoms with E-state index in [0.29, 0.717) is 23.9 Å². The molecule has 0 aromatic carbocycles. The molecule has 6 heteroatoms. The Morgan fingerprint density at radius 3 is 2.66 bits per heavy atom. The monoisotopic (exact) mass is 520 g/mol. The second-order valence-electron chi connectivity index (χ2n) is 8.62. The zero-order chi connectivity index (χ0) is 21.4. The average Bonchev–Trinajstić information content (AvgIpc) is 3.30. The number of ether oxygens (including phenoxy) is 1. The highest BCUT2D eigenvalue weighted by atomic mass is 127. The molecule has 166 valence electrons. The molecule has 0 aromatic heterocycles. The number of carbonyl (C=O) groups excluding carboxylic acids is 1. The summed E-state index contributed by atoms with van der Waals surface area (Å²) in [5.74, 6) is -0.0180. The van der Waals surface area contributed by atoms with E-state index in [1.165, 1.54) is 44.9 Å². The molecule has 0 bridgehead atoms. The maximum atomic E-state index is 11.3. The Hall–Kier alpha value is -0.600. The number of unbranched alkanes of at least 4 members (excludes halogenated alkanes) is 1. The summed E-state index contributed by atoms with van der Waals surface area (Å²) in [6, 6.07) is 0. The summed E-state index contributed by atoms with van der Waals surface area (Å²) in [5, 5.41) is 28.5. The van der Waals surface area contributed by atoms with E-state index >= 15 is 0 Å². The first-order valence-electron chi connectivity index (χ1n) is 11.1. The molecule has 1 saturated carbocycles. The van der Waals surface area contributed by atoms with Gasteiger partial charge in [0.15, 0.2) is 5.76 Å². The van der Waals surface area contributed by atoms with Crippen LogP contribution in [-0.4, -0.2) is 43.8 Å². The smallest absolute Gasteiger partial charge is 0.225 e. The van der Waals surface area contributed by atoms with E-state index in [0.717, 1.165) is 12.8 Å². The summed E-state index contributed by atoms with van der Waals surface area (Å²) in [4.78, 5) is 11.3. The molecule has 2 rings (SSSR count). The zero-order valence-corrected chi connectivity index (χ0v) is 19.7. The Labute approximate surface area is 188 Å². The fourth-order valence-electron chi connectivity index (χ4n) is 4.90. The third-order valence-corrected chi connectivity index (χ3v) is 7.89. The van der Waals surface area contributed by atoms with Crippen molar-refractivity contribution < 1.29 is 24.9 Å². The van der Waals surface area contributed by atoms with Crippen LogP contribution < -0.4 is 0 Å². The standard InChI is InChI=1S/C23H37IO5/c1-3-5-7-15(4-2)8-6-9-16-10-11-21-17(16)12-22(29-21)18(24)13-19(26)23(28)20(27)14-25/h4,15-18,21-22,25-26,28H,2-3,5-14H2,1H3/t15-,16-,17+,18?,21-,22?/m0/s1. The number of aliphatic hydroxyl groups is 3. The first-order chi connectivity index (χ1) is 13.9. The number of rotatable bonds is 13. The van der Waals surface area contributed by atoms with Gasteiger partial charge in [-0.05, 0) is 49.9 Å². The Bertz CT molecular complexity index is 576. The van der Waals surface area contributed by atoms with Crippen LogP contribution in [0, 0.1) is 17.8 Å². The number of carbonyl (C=O) groups is 1. The van der Waals surface area contributed by atoms with E-state index in [1.54, 1.807) is 0 Å². The number of hydrogen-bond donors (Lipinski definition) is 3. The number of ketones is 1. The Morgan fingerprint density at radius 1 is 1.28 bits per heavy atom. The van der Waals surface area contributed by atoms with E-state index in [2.05, 4.69) is 42.2 Å². The molecule has 1 aliphatic carbocycles. The van der Waals surface area contributed by atoms with Crippen molar-refractivity contribution in [3.8, 4) is 0 Å². The van der Waals surface area contributed by atoms with Crippen LogP contribution in [0.4, 0.5) is 0 Å². The molecule has 0 radical (unpaired) electrons. The number of alkyl halides is 1. The lowest BCUT2D eigenvalue weighted by Crippen LogP contribution is -2.23. The van der Waals surface area contributed by atoms with Gasteiger partial charge in [-0.25, -0.2) is 0 Å². The minimum Gasteiger partial charge on any atom is -0.508 e. The van der Waals surface area contributed by atoms with E-state index in [9.17, 15) is 15.0 Å². The van der Waals surface area contributed by atoms with E-state index in [1.807, 2.05) is 0 Å². The number of allylic oxidation sites excluding steroid dienone is 2. The number of halogens is 1. The molecule has 1 aliphatic heterocycles. The predicted octanol–water partition coefficient (Wildman–Crippen LogP) is 5.42. The van der Waals surface area contributed by atoms with E-state index in [4.69, 9.17) is 9.84 Å². The van der Waals surface area contributed by atoms with Crippen LogP contribution in [0.5, 0.6) is 0 Å². The number of aliphatic hydroxyl groups excluding tert-OH is 3. The molecule has 0 spiro atoms. The SMILES string of the molecule is C=C[C@@H](CCCC)CCC[C@H]1CC[C@@H]2OC(C(I)CC(O)=C(O)C(=O)CO)C[C@H]12. The maximum Gasteiger partial charge on any atom is 0.225 e. The van der Waals surface area contributed by atoms with Gasteiger partial charge in [0.25, 0.3) is 0 Å². The summed E-state index contributed by atoms with van der Waals surface area (Å²) in [6.07, 6.45) is 13.4. The van der Waals surface area contributed by atoms with Crippen molar-refractivity contribution in [2.45, 2.75) is 87.3 Å². The van der Waals surface area contributed by atoms with Gasteiger partial charge in [-0.1, -0.05) is 61.3 Å². The molecule has 2 unspecified atom stereocenters. The van der Waals surface area contributed by atoms with Gasteiger partial charge in [0.2, 0.25) is 5.78 Å². The molecule has 1 heterocycles. The van der Waals surface area contributed by atoms with Crippen molar-refractivity contribution in [3.63, 3.8) is 0 Å². The molecular weight excluding hydrogens is 483 g/mol. The summed E-state index contributed by atoms with van der Waals surface area (Å²) < 4.78 is 6.25. The van der Waals surface area contributed by atoms with Crippen LogP contribution in [0.1, 0.15) is 71.1 Å². The second kappa shape index (κ2) is 12.3. The summed E-state index contributed by atoms with van der Waals surface area (Å²) >= 11 is 2.24. The molecule has 29 heavy (non-hydrogen) atoms. The minimum atomic E-state index is -0.855. The van der Waals surface area contributed by atoms with Crippen molar-refractivity contribution in [1.29, 1.82) is 0 Å². The number of fused-ring (bicyclic) bond motifs is 1. The van der Waals surface area contributed by atoms with Gasteiger partial charge in [-0.15, -0.1) is 6.58 Å². The highest BCUT2D eigenvalue weighted by Crippen LogP contribution is 2.47. The van der Waals surface area contributed by atoms with Gasteiger partial charge in [0, 0.05) is 10.3 Å². The zero-order valence-electron chi connectivity index (χ0n) is 17.6. The first kappa shape index (κ1) is 24.7. The lowest BCUT2D eigenvalue weighted by Gasteiger charge is -2.20. The van der Waals surface area contributed by atoms with Crippen molar-refractivity contribution in [2.75, 3.05) is 6.61 Å². The van der Waals surface area contributed by atoms with Crippen LogP contribution in [0.3, 0.4) is 0 Å². The number of Topliss-reactive ketones (excluding diaryl/α,β-unsaturated/α-hetero) is 1. The molecule has 0 aromatic rings. The summed E-state index contributed by atoms with van der Waals surface area (Å²) in [7, 11) is 0. The van der Waals surface area contributed by atoms with Crippen molar-refractivity contribution in [3.05, 3.63) is 24.2 Å². The maximum absolute atomic E-state index is 11.3. The van der Waals surface area contributed by atoms with Crippen LogP contribution in [0.2, 0.25) is 0 Å². The van der Waals surface area contributed by atoms with Gasteiger partial charge in [0.05, 0.1) is 12.2 Å². The molecule has 6 atom stereocenters. The second-order valence-corrected chi connectivity index (χ2v) is 10.2. The van der Waals surface area contributed by atoms with E-state index in [-0.39, 0.29) is 22.2 Å². The molecular formula is C23H37IO5. The van der Waals surface area contributed by atoms with Crippen molar-refractivity contribution in [2.24, 2.45) is 17.8 Å². The summed E-state index contributed by atoms with van der Waals surface area (Å²) in [5.41, 5.74) is 0. The highest BCUT2D eigenvalue weighted by Gasteiger charge is 2.45. The first-order valence-corrected chi connectivity index (χ1v) is 12.3. The van der Waals surface area contributed by atoms with Gasteiger partial charge in [-0.2, -0.15) is 0 Å². The Morgan fingerprint density at radius 2 is 2.00 bits per heavy atom. The minimum absolute atomic E-state index is 0.0216. The summed E-state index contributed by atoms with van der Waals surface area (Å²) in [6.45, 7) is 5.43. The van der Waals surface area contributed by atoms with Crippen molar-refractivity contribution >= 4 is 28.4 Å². The van der Waals surface area contributed by atoms with Gasteiger partial charge in [-0.3, -0.25) is 4.79 Å². The van der Waals surface area contributed by atoms with Crippen molar-refractivity contribution in [1.82, 2.24) is 0 Å².